The molecular formula is C27H34O3S2. The largest absolute Gasteiger partial charge is 0.435 e. The zero-order valence-electron chi connectivity index (χ0n) is 19.2. The van der Waals surface area contributed by atoms with Crippen molar-refractivity contribution in [2.24, 2.45) is 23.7 Å². The average molecular weight is 471 g/mol. The second-order valence-electron chi connectivity index (χ2n) is 9.46. The molecule has 1 saturated carbocycles. The third kappa shape index (κ3) is 6.12. The highest BCUT2D eigenvalue weighted by Gasteiger charge is 2.45. The maximum absolute atomic E-state index is 12.5. The van der Waals surface area contributed by atoms with Crippen LogP contribution >= 0.6 is 23.5 Å². The highest BCUT2D eigenvalue weighted by molar-refractivity contribution is 8.17. The van der Waals surface area contributed by atoms with Gasteiger partial charge in [0.15, 0.2) is 0 Å². The van der Waals surface area contributed by atoms with Gasteiger partial charge >= 0.3 is 5.97 Å². The molecule has 0 unspecified atom stereocenters. The van der Waals surface area contributed by atoms with Gasteiger partial charge in [0, 0.05) is 9.79 Å². The first-order valence-electron chi connectivity index (χ1n) is 11.8. The van der Waals surface area contributed by atoms with E-state index in [1.807, 2.05) is 35.7 Å². The third-order valence-corrected chi connectivity index (χ3v) is 9.44. The molecule has 5 heteroatoms. The summed E-state index contributed by atoms with van der Waals surface area (Å²) in [6, 6.07) is 20.9. The number of ether oxygens (including phenoxy) is 2. The van der Waals surface area contributed by atoms with Crippen molar-refractivity contribution >= 4 is 29.5 Å². The minimum Gasteiger partial charge on any atom is -0.435 e. The fraction of sp³-hybridized carbons (Fsp3) is 0.519. The molecule has 0 bridgehead atoms. The van der Waals surface area contributed by atoms with Crippen LogP contribution in [0.5, 0.6) is 0 Å². The Bertz CT molecular complexity index is 816. The van der Waals surface area contributed by atoms with Crippen molar-refractivity contribution in [3.63, 3.8) is 0 Å². The van der Waals surface area contributed by atoms with Crippen LogP contribution in [0.4, 0.5) is 0 Å². The summed E-state index contributed by atoms with van der Waals surface area (Å²) in [5.41, 5.74) is 0. The summed E-state index contributed by atoms with van der Waals surface area (Å²) in [5, 5.41) is 0. The number of benzene rings is 2. The van der Waals surface area contributed by atoms with Crippen LogP contribution in [0.1, 0.15) is 46.5 Å². The summed E-state index contributed by atoms with van der Waals surface area (Å²) in [7, 11) is 0. The first kappa shape index (κ1) is 23.7. The molecular weight excluding hydrogens is 436 g/mol. The minimum atomic E-state index is -0.475. The van der Waals surface area contributed by atoms with Gasteiger partial charge in [-0.05, 0) is 54.9 Å². The number of hydrogen-bond donors (Lipinski definition) is 0. The van der Waals surface area contributed by atoms with Gasteiger partial charge in [-0.15, -0.1) is 23.5 Å². The van der Waals surface area contributed by atoms with Crippen LogP contribution in [-0.4, -0.2) is 22.9 Å². The van der Waals surface area contributed by atoms with Crippen molar-refractivity contribution in [2.75, 3.05) is 0 Å². The molecule has 2 aromatic carbocycles. The fourth-order valence-corrected chi connectivity index (χ4v) is 7.64. The molecule has 1 heterocycles. The quantitative estimate of drug-likeness (QED) is 0.230. The van der Waals surface area contributed by atoms with Gasteiger partial charge in [-0.1, -0.05) is 63.6 Å². The van der Waals surface area contributed by atoms with Gasteiger partial charge in [0.25, 0.3) is 0 Å². The van der Waals surface area contributed by atoms with Crippen LogP contribution in [0, 0.1) is 23.7 Å². The number of esters is 1. The smallest absolute Gasteiger partial charge is 0.308 e. The molecule has 0 spiro atoms. The van der Waals surface area contributed by atoms with Crippen LogP contribution in [0.15, 0.2) is 70.5 Å². The molecule has 2 aromatic rings. The lowest BCUT2D eigenvalue weighted by atomic mass is 9.75. The molecule has 172 valence electrons. The number of cyclic esters (lactones) is 1. The van der Waals surface area contributed by atoms with E-state index in [0.717, 1.165) is 6.42 Å². The second-order valence-corrected chi connectivity index (χ2v) is 12.2. The Hall–Kier alpha value is -1.43. The first-order chi connectivity index (χ1) is 15.5. The maximum atomic E-state index is 12.5. The lowest BCUT2D eigenvalue weighted by Gasteiger charge is -2.39. The Balaban J connectivity index is 1.55. The van der Waals surface area contributed by atoms with Gasteiger partial charge in [0.1, 0.15) is 0 Å². The standard InChI is InChI=1S/C27H34O3S2/c1-18(2)22-15-14-19(3)16-24(22)29-26-23(17-25(28)30-26)27(31-20-10-6-4-7-11-20)32-21-12-8-5-9-13-21/h4-13,18-19,22-24,26-27H,14-17H2,1-3H3/t19-,22+,23-,24-,26-/m1/s1. The van der Waals surface area contributed by atoms with E-state index in [0.29, 0.717) is 24.2 Å². The molecule has 5 atom stereocenters. The van der Waals surface area contributed by atoms with E-state index in [-0.39, 0.29) is 22.6 Å². The van der Waals surface area contributed by atoms with Crippen molar-refractivity contribution in [1.29, 1.82) is 0 Å². The van der Waals surface area contributed by atoms with E-state index >= 15 is 0 Å². The van der Waals surface area contributed by atoms with E-state index in [1.54, 1.807) is 0 Å². The number of carbonyl (C=O) groups is 1. The number of carbonyl (C=O) groups excluding carboxylic acids is 1. The Morgan fingerprint density at radius 1 is 0.906 bits per heavy atom. The molecule has 1 aliphatic heterocycles. The first-order valence-corrected chi connectivity index (χ1v) is 13.5. The lowest BCUT2D eigenvalue weighted by Crippen LogP contribution is -2.39. The van der Waals surface area contributed by atoms with Gasteiger partial charge in [-0.3, -0.25) is 4.79 Å². The predicted octanol–water partition coefficient (Wildman–Crippen LogP) is 7.26. The Morgan fingerprint density at radius 3 is 2.06 bits per heavy atom. The predicted molar refractivity (Wildman–Crippen MR) is 133 cm³/mol. The normalized spacial score (nSPS) is 28.3. The van der Waals surface area contributed by atoms with Crippen LogP contribution in [-0.2, 0) is 14.3 Å². The third-order valence-electron chi connectivity index (χ3n) is 6.61. The van der Waals surface area contributed by atoms with Gasteiger partial charge in [-0.25, -0.2) is 0 Å². The van der Waals surface area contributed by atoms with E-state index in [4.69, 9.17) is 9.47 Å². The molecule has 0 N–H and O–H groups in total. The van der Waals surface area contributed by atoms with Gasteiger partial charge in [0.2, 0.25) is 6.29 Å². The summed E-state index contributed by atoms with van der Waals surface area (Å²) in [4.78, 5) is 14.9. The van der Waals surface area contributed by atoms with E-state index in [9.17, 15) is 4.79 Å². The van der Waals surface area contributed by atoms with E-state index in [1.165, 1.54) is 22.6 Å². The number of rotatable bonds is 8. The monoisotopic (exact) mass is 470 g/mol. The fourth-order valence-electron chi connectivity index (χ4n) is 4.82. The Labute approximate surface area is 201 Å². The summed E-state index contributed by atoms with van der Waals surface area (Å²) in [6.07, 6.45) is 3.58. The summed E-state index contributed by atoms with van der Waals surface area (Å²) < 4.78 is 12.6. The SMILES string of the molecule is CC(C)[C@@H]1CC[C@@H](C)C[C@H]1O[C@@H]1OC(=O)C[C@H]1C(Sc1ccccc1)Sc1ccccc1. The average Bonchev–Trinajstić information content (AvgIpc) is 3.14. The summed E-state index contributed by atoms with van der Waals surface area (Å²) in [6.45, 7) is 6.88. The zero-order valence-corrected chi connectivity index (χ0v) is 20.8. The Kier molecular flexibility index (Phi) is 8.25. The Morgan fingerprint density at radius 2 is 1.50 bits per heavy atom. The summed E-state index contributed by atoms with van der Waals surface area (Å²) in [5.74, 6) is 1.60. The molecule has 2 fully saturated rings. The number of thioether (sulfide) groups is 2. The molecule has 0 amide bonds. The highest BCUT2D eigenvalue weighted by Crippen LogP contribution is 2.46. The van der Waals surface area contributed by atoms with Gasteiger partial charge in [0.05, 0.1) is 23.0 Å². The molecule has 1 saturated heterocycles. The van der Waals surface area contributed by atoms with Crippen molar-refractivity contribution in [2.45, 2.75) is 73.2 Å². The van der Waals surface area contributed by atoms with Crippen LogP contribution in [0.2, 0.25) is 0 Å². The van der Waals surface area contributed by atoms with Crippen LogP contribution in [0.3, 0.4) is 0 Å². The molecule has 2 aliphatic rings. The van der Waals surface area contributed by atoms with Crippen LogP contribution in [0.25, 0.3) is 0 Å². The molecule has 32 heavy (non-hydrogen) atoms. The maximum Gasteiger partial charge on any atom is 0.308 e. The molecule has 1 aliphatic carbocycles. The second kappa shape index (κ2) is 11.1. The van der Waals surface area contributed by atoms with Crippen molar-refractivity contribution in [3.05, 3.63) is 60.7 Å². The van der Waals surface area contributed by atoms with Crippen molar-refractivity contribution < 1.29 is 14.3 Å². The minimum absolute atomic E-state index is 0.00274. The highest BCUT2D eigenvalue weighted by atomic mass is 32.2. The zero-order chi connectivity index (χ0) is 22.5. The summed E-state index contributed by atoms with van der Waals surface area (Å²) >= 11 is 3.61. The van der Waals surface area contributed by atoms with Gasteiger partial charge in [-0.2, -0.15) is 0 Å². The van der Waals surface area contributed by atoms with E-state index < -0.39 is 6.29 Å². The molecule has 4 rings (SSSR count). The van der Waals surface area contributed by atoms with Gasteiger partial charge < -0.3 is 9.47 Å². The van der Waals surface area contributed by atoms with Crippen molar-refractivity contribution in [1.82, 2.24) is 0 Å². The van der Waals surface area contributed by atoms with E-state index in [2.05, 4.69) is 69.3 Å². The molecule has 0 aromatic heterocycles. The molecule has 3 nitrogen and oxygen atoms in total. The lowest BCUT2D eigenvalue weighted by molar-refractivity contribution is -0.194. The number of hydrogen-bond acceptors (Lipinski definition) is 5. The van der Waals surface area contributed by atoms with Crippen molar-refractivity contribution in [3.8, 4) is 0 Å². The molecule has 0 radical (unpaired) electrons. The topological polar surface area (TPSA) is 35.5 Å². The van der Waals surface area contributed by atoms with Crippen LogP contribution < -0.4 is 0 Å².